The van der Waals surface area contributed by atoms with Crippen LogP contribution in [-0.2, 0) is 6.18 Å². The Bertz CT molecular complexity index is 1150. The van der Waals surface area contributed by atoms with Crippen LogP contribution >= 0.6 is 0 Å². The molecular weight excluding hydrogens is 431 g/mol. The third kappa shape index (κ3) is 4.79. The minimum Gasteiger partial charge on any atom is -0.382 e. The van der Waals surface area contributed by atoms with Crippen LogP contribution in [0.3, 0.4) is 0 Å². The minimum atomic E-state index is -4.59. The fourth-order valence-electron chi connectivity index (χ4n) is 3.94. The molecule has 0 aliphatic heterocycles. The first kappa shape index (κ1) is 21.9. The largest absolute Gasteiger partial charge is 0.433 e. The molecule has 2 aromatic heterocycles. The molecule has 32 heavy (non-hydrogen) atoms. The number of nitrogens with zero attached hydrogens (tertiary/aromatic N) is 2. The van der Waals surface area contributed by atoms with Gasteiger partial charge in [-0.2, -0.15) is 17.6 Å². The molecule has 3 aromatic rings. The van der Waals surface area contributed by atoms with Crippen LogP contribution in [0.25, 0.3) is 10.9 Å². The lowest BCUT2D eigenvalue weighted by Crippen LogP contribution is -2.42. The number of anilines is 1. The molecule has 5 nitrogen and oxygen atoms in total. The van der Waals surface area contributed by atoms with Crippen molar-refractivity contribution in [1.29, 1.82) is 0 Å². The number of amides is 1. The predicted molar refractivity (Wildman–Crippen MR) is 108 cm³/mol. The molecule has 1 amide bonds. The summed E-state index contributed by atoms with van der Waals surface area (Å²) in [4.78, 5) is 19.4. The number of carbonyl (C=O) groups excluding carboxylic acids is 1. The zero-order chi connectivity index (χ0) is 22.9. The van der Waals surface area contributed by atoms with E-state index < -0.39 is 35.2 Å². The van der Waals surface area contributed by atoms with Gasteiger partial charge in [0.25, 0.3) is 5.91 Å². The van der Waals surface area contributed by atoms with Gasteiger partial charge in [-0.1, -0.05) is 18.2 Å². The second-order valence-electron chi connectivity index (χ2n) is 7.71. The number of benzene rings is 1. The molecule has 4 rings (SSSR count). The van der Waals surface area contributed by atoms with E-state index in [-0.39, 0.29) is 17.6 Å². The van der Waals surface area contributed by atoms with Crippen molar-refractivity contribution >= 4 is 22.5 Å². The van der Waals surface area contributed by atoms with Gasteiger partial charge in [0.15, 0.2) is 11.5 Å². The molecule has 2 heterocycles. The average Bonchev–Trinajstić information content (AvgIpc) is 2.75. The highest BCUT2D eigenvalue weighted by Gasteiger charge is 2.34. The summed E-state index contributed by atoms with van der Waals surface area (Å²) in [5.41, 5.74) is -1.10. The number of alkyl halides is 3. The van der Waals surface area contributed by atoms with Crippen LogP contribution in [0, 0.1) is 11.8 Å². The molecule has 168 valence electrons. The van der Waals surface area contributed by atoms with Crippen molar-refractivity contribution in [1.82, 2.24) is 15.3 Å². The SMILES string of the molecule is O=C(N[C@@H]1CCC[C@H](Nc2cc(C(F)(F)F)nc3ccccc23)C1)c1nc(F)ccc1F. The summed E-state index contributed by atoms with van der Waals surface area (Å²) < 4.78 is 67.0. The van der Waals surface area contributed by atoms with Gasteiger partial charge in [0.2, 0.25) is 5.95 Å². The molecule has 1 aliphatic carbocycles. The van der Waals surface area contributed by atoms with Gasteiger partial charge in [-0.05, 0) is 49.9 Å². The monoisotopic (exact) mass is 450 g/mol. The Morgan fingerprint density at radius 2 is 1.75 bits per heavy atom. The van der Waals surface area contributed by atoms with Crippen molar-refractivity contribution in [2.24, 2.45) is 0 Å². The Morgan fingerprint density at radius 3 is 2.53 bits per heavy atom. The number of hydrogen-bond acceptors (Lipinski definition) is 4. The lowest BCUT2D eigenvalue weighted by Gasteiger charge is -2.31. The maximum absolute atomic E-state index is 13.8. The quantitative estimate of drug-likeness (QED) is 0.430. The first-order valence-corrected chi connectivity index (χ1v) is 10.1. The number of aromatic nitrogens is 2. The molecule has 1 fully saturated rings. The average molecular weight is 450 g/mol. The summed E-state index contributed by atoms with van der Waals surface area (Å²) in [6, 6.07) is 8.57. The third-order valence-electron chi connectivity index (χ3n) is 5.40. The molecule has 2 N–H and O–H groups in total. The Hall–Kier alpha value is -3.30. The van der Waals surface area contributed by atoms with E-state index in [4.69, 9.17) is 0 Å². The molecule has 1 aliphatic rings. The van der Waals surface area contributed by atoms with Crippen LogP contribution in [-0.4, -0.2) is 28.0 Å². The van der Waals surface area contributed by atoms with Gasteiger partial charge in [0.05, 0.1) is 5.52 Å². The minimum absolute atomic E-state index is 0.221. The Kier molecular flexibility index (Phi) is 5.94. The number of halogens is 5. The number of para-hydroxylation sites is 1. The summed E-state index contributed by atoms with van der Waals surface area (Å²) >= 11 is 0. The zero-order valence-electron chi connectivity index (χ0n) is 16.7. The van der Waals surface area contributed by atoms with E-state index >= 15 is 0 Å². The molecule has 2 atom stereocenters. The van der Waals surface area contributed by atoms with Gasteiger partial charge in [-0.15, -0.1) is 0 Å². The molecule has 0 radical (unpaired) electrons. The lowest BCUT2D eigenvalue weighted by molar-refractivity contribution is -0.140. The fourth-order valence-corrected chi connectivity index (χ4v) is 3.94. The van der Waals surface area contributed by atoms with Crippen molar-refractivity contribution < 1.29 is 26.7 Å². The highest BCUT2D eigenvalue weighted by molar-refractivity contribution is 5.93. The van der Waals surface area contributed by atoms with E-state index in [9.17, 15) is 26.7 Å². The maximum Gasteiger partial charge on any atom is 0.433 e. The van der Waals surface area contributed by atoms with E-state index in [1.165, 1.54) is 6.07 Å². The summed E-state index contributed by atoms with van der Waals surface area (Å²) in [5.74, 6) is -2.73. The van der Waals surface area contributed by atoms with E-state index in [2.05, 4.69) is 20.6 Å². The molecular formula is C22H19F5N4O. The number of nitrogens with one attached hydrogen (secondary N) is 2. The standard InChI is InChI=1S/C22H19F5N4O/c23-15-8-9-19(24)31-20(15)21(32)29-13-5-3-4-12(10-13)28-17-11-18(22(25,26)27)30-16-7-2-1-6-14(16)17/h1-2,6-9,11-13H,3-5,10H2,(H,28,30)(H,29,32)/t12-,13+/m0/s1. The number of carbonyl (C=O) groups is 1. The van der Waals surface area contributed by atoms with Crippen molar-refractivity contribution in [3.05, 3.63) is 65.6 Å². The second kappa shape index (κ2) is 8.68. The van der Waals surface area contributed by atoms with Gasteiger partial charge < -0.3 is 10.6 Å². The number of rotatable bonds is 4. The normalized spacial score (nSPS) is 19.0. The van der Waals surface area contributed by atoms with Gasteiger partial charge in [-0.25, -0.2) is 14.4 Å². The van der Waals surface area contributed by atoms with Crippen LogP contribution in [0.4, 0.5) is 27.6 Å². The van der Waals surface area contributed by atoms with Crippen molar-refractivity contribution in [3.63, 3.8) is 0 Å². The third-order valence-corrected chi connectivity index (χ3v) is 5.40. The van der Waals surface area contributed by atoms with Crippen LogP contribution in [0.2, 0.25) is 0 Å². The Balaban J connectivity index is 1.51. The maximum atomic E-state index is 13.8. The smallest absolute Gasteiger partial charge is 0.382 e. The van der Waals surface area contributed by atoms with E-state index in [1.807, 2.05) is 0 Å². The Labute approximate surface area is 180 Å². The fraction of sp³-hybridized carbons (Fsp3) is 0.318. The number of hydrogen-bond donors (Lipinski definition) is 2. The van der Waals surface area contributed by atoms with Crippen LogP contribution in [0.1, 0.15) is 41.9 Å². The van der Waals surface area contributed by atoms with E-state index in [1.54, 1.807) is 18.2 Å². The van der Waals surface area contributed by atoms with Gasteiger partial charge in [0.1, 0.15) is 5.69 Å². The summed E-state index contributed by atoms with van der Waals surface area (Å²) in [5, 5.41) is 6.36. The van der Waals surface area contributed by atoms with Crippen LogP contribution in [0.15, 0.2) is 42.5 Å². The molecule has 0 bridgehead atoms. The van der Waals surface area contributed by atoms with Gasteiger partial charge in [-0.3, -0.25) is 4.79 Å². The molecule has 0 unspecified atom stereocenters. The van der Waals surface area contributed by atoms with Crippen LogP contribution in [0.5, 0.6) is 0 Å². The summed E-state index contributed by atoms with van der Waals surface area (Å²) in [6.45, 7) is 0. The van der Waals surface area contributed by atoms with Gasteiger partial charge in [0, 0.05) is 23.2 Å². The molecule has 0 spiro atoms. The molecule has 1 saturated carbocycles. The van der Waals surface area contributed by atoms with E-state index in [0.717, 1.165) is 18.2 Å². The first-order valence-electron chi connectivity index (χ1n) is 10.1. The number of pyridine rings is 2. The van der Waals surface area contributed by atoms with Crippen molar-refractivity contribution in [2.45, 2.75) is 43.9 Å². The van der Waals surface area contributed by atoms with Crippen LogP contribution < -0.4 is 10.6 Å². The molecule has 0 saturated heterocycles. The molecule has 1 aromatic carbocycles. The predicted octanol–water partition coefficient (Wildman–Crippen LogP) is 5.08. The highest BCUT2D eigenvalue weighted by atomic mass is 19.4. The van der Waals surface area contributed by atoms with E-state index in [0.29, 0.717) is 36.8 Å². The second-order valence-corrected chi connectivity index (χ2v) is 7.71. The zero-order valence-corrected chi connectivity index (χ0v) is 16.7. The molecule has 10 heteroatoms. The Morgan fingerprint density at radius 1 is 1.00 bits per heavy atom. The van der Waals surface area contributed by atoms with Gasteiger partial charge >= 0.3 is 6.18 Å². The van der Waals surface area contributed by atoms with Crippen molar-refractivity contribution in [3.8, 4) is 0 Å². The highest BCUT2D eigenvalue weighted by Crippen LogP contribution is 2.34. The summed E-state index contributed by atoms with van der Waals surface area (Å²) in [6.07, 6.45) is -2.22. The van der Waals surface area contributed by atoms with Crippen molar-refractivity contribution in [2.75, 3.05) is 5.32 Å². The first-order chi connectivity index (χ1) is 15.2. The number of fused-ring (bicyclic) bond motifs is 1. The summed E-state index contributed by atoms with van der Waals surface area (Å²) in [7, 11) is 0. The topological polar surface area (TPSA) is 66.9 Å². The lowest BCUT2D eigenvalue weighted by atomic mass is 9.90.